The number of carbonyl (C=O) groups excluding carboxylic acids is 1. The summed E-state index contributed by atoms with van der Waals surface area (Å²) in [6.45, 7) is 13.3. The lowest BCUT2D eigenvalue weighted by molar-refractivity contribution is 0.0654. The SMILES string of the molecule is C=CC(C)OC(=O)N(C(C)C)C(C)C. The van der Waals surface area contributed by atoms with Crippen molar-refractivity contribution < 1.29 is 9.53 Å². The van der Waals surface area contributed by atoms with Crippen LogP contribution < -0.4 is 0 Å². The molecular formula is C11H21NO2. The lowest BCUT2D eigenvalue weighted by Gasteiger charge is -2.30. The van der Waals surface area contributed by atoms with Gasteiger partial charge >= 0.3 is 6.09 Å². The molecule has 0 aromatic rings. The number of amides is 1. The standard InChI is InChI=1S/C11H21NO2/c1-7-10(6)14-11(13)12(8(2)3)9(4)5/h7-10H,1H2,2-6H3. The fourth-order valence-corrected chi connectivity index (χ4v) is 1.29. The van der Waals surface area contributed by atoms with Crippen molar-refractivity contribution in [3.05, 3.63) is 12.7 Å². The molecule has 82 valence electrons. The Bertz CT molecular complexity index is 191. The van der Waals surface area contributed by atoms with Crippen LogP contribution in [0.5, 0.6) is 0 Å². The zero-order valence-corrected chi connectivity index (χ0v) is 9.78. The van der Waals surface area contributed by atoms with Crippen LogP contribution in [-0.4, -0.2) is 29.2 Å². The van der Waals surface area contributed by atoms with Gasteiger partial charge in [0.2, 0.25) is 0 Å². The molecule has 0 rings (SSSR count). The minimum atomic E-state index is -0.276. The van der Waals surface area contributed by atoms with Crippen molar-refractivity contribution in [1.82, 2.24) is 4.90 Å². The molecule has 0 saturated carbocycles. The van der Waals surface area contributed by atoms with Crippen LogP contribution in [-0.2, 0) is 4.74 Å². The lowest BCUT2D eigenvalue weighted by atomic mass is 10.2. The average molecular weight is 199 g/mol. The third-order valence-corrected chi connectivity index (χ3v) is 1.94. The summed E-state index contributed by atoms with van der Waals surface area (Å²) in [7, 11) is 0. The van der Waals surface area contributed by atoms with Gasteiger partial charge in [0, 0.05) is 12.1 Å². The predicted octanol–water partition coefficient (Wildman–Crippen LogP) is 2.82. The van der Waals surface area contributed by atoms with Gasteiger partial charge in [-0.25, -0.2) is 4.79 Å². The van der Waals surface area contributed by atoms with Gasteiger partial charge in [0.05, 0.1) is 0 Å². The number of carbonyl (C=O) groups is 1. The summed E-state index contributed by atoms with van der Waals surface area (Å²) in [5, 5.41) is 0. The summed E-state index contributed by atoms with van der Waals surface area (Å²) in [6, 6.07) is 0.305. The zero-order valence-electron chi connectivity index (χ0n) is 9.78. The maximum atomic E-state index is 11.7. The van der Waals surface area contributed by atoms with Crippen LogP contribution in [0.2, 0.25) is 0 Å². The van der Waals surface area contributed by atoms with Crippen molar-refractivity contribution in [2.45, 2.75) is 52.8 Å². The molecule has 0 fully saturated rings. The topological polar surface area (TPSA) is 29.5 Å². The number of nitrogens with zero attached hydrogens (tertiary/aromatic N) is 1. The maximum absolute atomic E-state index is 11.7. The van der Waals surface area contributed by atoms with Crippen molar-refractivity contribution in [3.8, 4) is 0 Å². The monoisotopic (exact) mass is 199 g/mol. The molecule has 3 heteroatoms. The highest BCUT2D eigenvalue weighted by atomic mass is 16.6. The second-order valence-electron chi connectivity index (χ2n) is 3.92. The first kappa shape index (κ1) is 13.0. The summed E-state index contributed by atoms with van der Waals surface area (Å²) in [6.07, 6.45) is 1.10. The van der Waals surface area contributed by atoms with E-state index in [4.69, 9.17) is 4.74 Å². The Hall–Kier alpha value is -0.990. The number of hydrogen-bond donors (Lipinski definition) is 0. The number of hydrogen-bond acceptors (Lipinski definition) is 2. The smallest absolute Gasteiger partial charge is 0.410 e. The van der Waals surface area contributed by atoms with Crippen molar-refractivity contribution >= 4 is 6.09 Å². The van der Waals surface area contributed by atoms with Gasteiger partial charge in [-0.15, -0.1) is 0 Å². The predicted molar refractivity (Wildman–Crippen MR) is 58.3 cm³/mol. The normalized spacial score (nSPS) is 12.8. The Balaban J connectivity index is 4.37. The summed E-state index contributed by atoms with van der Waals surface area (Å²) in [5.74, 6) is 0. The molecule has 0 spiro atoms. The van der Waals surface area contributed by atoms with E-state index in [9.17, 15) is 4.79 Å². The van der Waals surface area contributed by atoms with Crippen LogP contribution in [0.1, 0.15) is 34.6 Å². The molecule has 0 aromatic carbocycles. The van der Waals surface area contributed by atoms with Gasteiger partial charge in [0.15, 0.2) is 0 Å². The summed E-state index contributed by atoms with van der Waals surface area (Å²) in [5.41, 5.74) is 0. The Kier molecular flexibility index (Phi) is 5.28. The minimum Gasteiger partial charge on any atom is -0.442 e. The van der Waals surface area contributed by atoms with E-state index in [-0.39, 0.29) is 24.3 Å². The Labute approximate surface area is 86.7 Å². The average Bonchev–Trinajstić information content (AvgIpc) is 2.02. The van der Waals surface area contributed by atoms with Crippen LogP contribution in [0.4, 0.5) is 4.79 Å². The Morgan fingerprint density at radius 2 is 1.64 bits per heavy atom. The molecule has 3 nitrogen and oxygen atoms in total. The quantitative estimate of drug-likeness (QED) is 0.651. The Morgan fingerprint density at radius 3 is 1.93 bits per heavy atom. The fourth-order valence-electron chi connectivity index (χ4n) is 1.29. The summed E-state index contributed by atoms with van der Waals surface area (Å²) in [4.78, 5) is 13.4. The number of rotatable bonds is 4. The van der Waals surface area contributed by atoms with Gasteiger partial charge in [-0.1, -0.05) is 12.7 Å². The second kappa shape index (κ2) is 5.68. The molecule has 0 bridgehead atoms. The van der Waals surface area contributed by atoms with E-state index in [0.717, 1.165) is 0 Å². The maximum Gasteiger partial charge on any atom is 0.410 e. The van der Waals surface area contributed by atoms with Crippen molar-refractivity contribution in [3.63, 3.8) is 0 Å². The lowest BCUT2D eigenvalue weighted by Crippen LogP contribution is -2.43. The first-order valence-corrected chi connectivity index (χ1v) is 5.01. The highest BCUT2D eigenvalue weighted by Crippen LogP contribution is 2.09. The van der Waals surface area contributed by atoms with E-state index in [1.165, 1.54) is 0 Å². The molecule has 0 saturated heterocycles. The van der Waals surface area contributed by atoms with E-state index >= 15 is 0 Å². The van der Waals surface area contributed by atoms with Crippen LogP contribution in [0.25, 0.3) is 0 Å². The largest absolute Gasteiger partial charge is 0.442 e. The highest BCUT2D eigenvalue weighted by Gasteiger charge is 2.22. The molecule has 0 aliphatic rings. The fraction of sp³-hybridized carbons (Fsp3) is 0.727. The molecule has 0 heterocycles. The molecule has 0 aliphatic carbocycles. The third-order valence-electron chi connectivity index (χ3n) is 1.94. The van der Waals surface area contributed by atoms with Gasteiger partial charge in [0.25, 0.3) is 0 Å². The molecule has 14 heavy (non-hydrogen) atoms. The first-order valence-electron chi connectivity index (χ1n) is 5.01. The molecular weight excluding hydrogens is 178 g/mol. The van der Waals surface area contributed by atoms with Crippen LogP contribution in [0, 0.1) is 0 Å². The molecule has 1 atom stereocenters. The molecule has 0 N–H and O–H groups in total. The van der Waals surface area contributed by atoms with Crippen LogP contribution >= 0.6 is 0 Å². The van der Waals surface area contributed by atoms with Crippen LogP contribution in [0.3, 0.4) is 0 Å². The van der Waals surface area contributed by atoms with E-state index in [2.05, 4.69) is 6.58 Å². The number of ether oxygens (including phenoxy) is 1. The third kappa shape index (κ3) is 3.81. The highest BCUT2D eigenvalue weighted by molar-refractivity contribution is 5.68. The van der Waals surface area contributed by atoms with E-state index in [0.29, 0.717) is 0 Å². The first-order chi connectivity index (χ1) is 6.40. The van der Waals surface area contributed by atoms with E-state index in [1.807, 2.05) is 27.7 Å². The van der Waals surface area contributed by atoms with Crippen molar-refractivity contribution in [2.24, 2.45) is 0 Å². The van der Waals surface area contributed by atoms with Gasteiger partial charge in [-0.05, 0) is 34.6 Å². The van der Waals surface area contributed by atoms with Crippen molar-refractivity contribution in [2.75, 3.05) is 0 Å². The molecule has 0 radical (unpaired) electrons. The van der Waals surface area contributed by atoms with Gasteiger partial charge in [-0.2, -0.15) is 0 Å². The van der Waals surface area contributed by atoms with Gasteiger partial charge < -0.3 is 9.64 Å². The second-order valence-corrected chi connectivity index (χ2v) is 3.92. The molecule has 1 unspecified atom stereocenters. The zero-order chi connectivity index (χ0) is 11.3. The van der Waals surface area contributed by atoms with Gasteiger partial charge in [0.1, 0.15) is 6.10 Å². The molecule has 1 amide bonds. The van der Waals surface area contributed by atoms with Crippen molar-refractivity contribution in [1.29, 1.82) is 0 Å². The summed E-state index contributed by atoms with van der Waals surface area (Å²) < 4.78 is 5.15. The molecule has 0 aliphatic heterocycles. The Morgan fingerprint density at radius 1 is 1.21 bits per heavy atom. The minimum absolute atomic E-state index is 0.152. The van der Waals surface area contributed by atoms with E-state index < -0.39 is 0 Å². The molecule has 0 aromatic heterocycles. The van der Waals surface area contributed by atoms with Crippen LogP contribution in [0.15, 0.2) is 12.7 Å². The van der Waals surface area contributed by atoms with Gasteiger partial charge in [-0.3, -0.25) is 0 Å². The van der Waals surface area contributed by atoms with E-state index in [1.54, 1.807) is 17.9 Å². The summed E-state index contributed by atoms with van der Waals surface area (Å²) >= 11 is 0.